The maximum absolute atomic E-state index is 10.0. The third kappa shape index (κ3) is 5.77. The summed E-state index contributed by atoms with van der Waals surface area (Å²) in [7, 11) is 0. The van der Waals surface area contributed by atoms with Crippen LogP contribution in [0.2, 0.25) is 0 Å². The molecule has 1 aliphatic rings. The molecular weight excluding hydrogens is 434 g/mol. The molecule has 4 nitrogen and oxygen atoms in total. The third-order valence-corrected chi connectivity index (χ3v) is 6.91. The van der Waals surface area contributed by atoms with Crippen molar-refractivity contribution in [2.24, 2.45) is 0 Å². The quantitative estimate of drug-likeness (QED) is 0.281. The van der Waals surface area contributed by atoms with Crippen molar-refractivity contribution in [2.75, 3.05) is 26.2 Å². The van der Waals surface area contributed by atoms with Gasteiger partial charge in [-0.15, -0.1) is 0 Å². The molecule has 0 unspecified atom stereocenters. The number of hydrogen-bond donors (Lipinski definition) is 2. The molecule has 180 valence electrons. The van der Waals surface area contributed by atoms with Crippen molar-refractivity contribution >= 4 is 10.8 Å². The normalized spacial score (nSPS) is 14.3. The molecule has 0 atom stereocenters. The van der Waals surface area contributed by atoms with Gasteiger partial charge in [-0.2, -0.15) is 0 Å². The van der Waals surface area contributed by atoms with E-state index in [1.54, 1.807) is 24.3 Å². The molecule has 0 saturated carbocycles. The molecule has 1 aliphatic heterocycles. The number of ether oxygens (including phenoxy) is 1. The summed E-state index contributed by atoms with van der Waals surface area (Å²) in [6.07, 6.45) is 5.82. The van der Waals surface area contributed by atoms with Crippen molar-refractivity contribution in [2.45, 2.75) is 32.1 Å². The number of benzene rings is 4. The van der Waals surface area contributed by atoms with E-state index in [2.05, 4.69) is 35.2 Å². The van der Waals surface area contributed by atoms with Crippen LogP contribution in [0.15, 0.2) is 78.9 Å². The molecule has 1 heterocycles. The Hall–Kier alpha value is -3.50. The highest BCUT2D eigenvalue weighted by molar-refractivity contribution is 5.93. The fourth-order valence-electron chi connectivity index (χ4n) is 5.08. The first-order chi connectivity index (χ1) is 17.2. The number of phenolic OH excluding ortho intramolecular Hbond substituents is 2. The first-order valence-corrected chi connectivity index (χ1v) is 12.6. The maximum atomic E-state index is 10.0. The van der Waals surface area contributed by atoms with Gasteiger partial charge in [0.1, 0.15) is 17.2 Å². The monoisotopic (exact) mass is 467 g/mol. The molecular formula is C31H33NO3. The minimum Gasteiger partial charge on any atom is -0.508 e. The highest BCUT2D eigenvalue weighted by atomic mass is 16.5. The summed E-state index contributed by atoms with van der Waals surface area (Å²) in [6, 6.07) is 25.4. The molecule has 0 spiro atoms. The first-order valence-electron chi connectivity index (χ1n) is 12.6. The average Bonchev–Trinajstić information content (AvgIpc) is 2.88. The van der Waals surface area contributed by atoms with Crippen LogP contribution in [0, 0.1) is 0 Å². The van der Waals surface area contributed by atoms with Crippen LogP contribution in [-0.2, 0) is 6.42 Å². The highest BCUT2D eigenvalue weighted by Gasteiger charge is 2.13. The summed E-state index contributed by atoms with van der Waals surface area (Å²) in [4.78, 5) is 2.55. The van der Waals surface area contributed by atoms with Gasteiger partial charge in [-0.05, 0) is 108 Å². The van der Waals surface area contributed by atoms with Crippen LogP contribution >= 0.6 is 0 Å². The molecule has 0 radical (unpaired) electrons. The van der Waals surface area contributed by atoms with Crippen LogP contribution in [-0.4, -0.2) is 41.4 Å². The van der Waals surface area contributed by atoms with Gasteiger partial charge in [0.25, 0.3) is 0 Å². The Morgan fingerprint density at radius 3 is 2.37 bits per heavy atom. The molecule has 4 aromatic carbocycles. The molecule has 0 aliphatic carbocycles. The zero-order valence-corrected chi connectivity index (χ0v) is 20.1. The molecule has 0 aromatic heterocycles. The van der Waals surface area contributed by atoms with Gasteiger partial charge in [-0.3, -0.25) is 0 Å². The van der Waals surface area contributed by atoms with E-state index in [0.717, 1.165) is 53.6 Å². The van der Waals surface area contributed by atoms with Crippen LogP contribution in [0.3, 0.4) is 0 Å². The van der Waals surface area contributed by atoms with Crippen LogP contribution in [0.1, 0.15) is 36.8 Å². The van der Waals surface area contributed by atoms with Crippen molar-refractivity contribution in [1.82, 2.24) is 4.90 Å². The number of hydrogen-bond acceptors (Lipinski definition) is 4. The summed E-state index contributed by atoms with van der Waals surface area (Å²) in [5.41, 5.74) is 4.41. The van der Waals surface area contributed by atoms with Gasteiger partial charge in [-0.25, -0.2) is 0 Å². The summed E-state index contributed by atoms with van der Waals surface area (Å²) in [6.45, 7) is 4.32. The summed E-state index contributed by atoms with van der Waals surface area (Å²) < 4.78 is 6.01. The Morgan fingerprint density at radius 2 is 1.57 bits per heavy atom. The van der Waals surface area contributed by atoms with Crippen molar-refractivity contribution in [1.29, 1.82) is 0 Å². The molecule has 35 heavy (non-hydrogen) atoms. The average molecular weight is 468 g/mol. The van der Waals surface area contributed by atoms with Crippen molar-refractivity contribution in [3.05, 3.63) is 90.0 Å². The molecule has 5 rings (SSSR count). The van der Waals surface area contributed by atoms with Gasteiger partial charge >= 0.3 is 0 Å². The van der Waals surface area contributed by atoms with Gasteiger partial charge in [0.05, 0.1) is 6.61 Å². The second-order valence-electron chi connectivity index (χ2n) is 9.47. The maximum Gasteiger partial charge on any atom is 0.119 e. The summed E-state index contributed by atoms with van der Waals surface area (Å²) >= 11 is 0. The highest BCUT2D eigenvalue weighted by Crippen LogP contribution is 2.35. The van der Waals surface area contributed by atoms with E-state index in [9.17, 15) is 10.2 Å². The Bertz CT molecular complexity index is 1280. The standard InChI is InChI=1S/C31H33NO3/c33-26-7-4-6-24(21-26)29-14-10-25-22-27(34)11-15-30(25)31(29)20-23-8-12-28(13-9-23)35-19-5-18-32-16-2-1-3-17-32/h4,6-15,21-22,33-34H,1-3,5,16-20H2. The van der Waals surface area contributed by atoms with Crippen molar-refractivity contribution < 1.29 is 14.9 Å². The fraction of sp³-hybridized carbons (Fsp3) is 0.290. The largest absolute Gasteiger partial charge is 0.508 e. The number of likely N-dealkylation sites (tertiary alicyclic amines) is 1. The van der Waals surface area contributed by atoms with E-state index in [0.29, 0.717) is 0 Å². The lowest BCUT2D eigenvalue weighted by Crippen LogP contribution is -2.31. The van der Waals surface area contributed by atoms with Gasteiger partial charge < -0.3 is 19.8 Å². The predicted octanol–water partition coefficient (Wildman–Crippen LogP) is 6.76. The van der Waals surface area contributed by atoms with Gasteiger partial charge in [0.2, 0.25) is 0 Å². The van der Waals surface area contributed by atoms with E-state index < -0.39 is 0 Å². The van der Waals surface area contributed by atoms with E-state index in [1.165, 1.54) is 43.5 Å². The van der Waals surface area contributed by atoms with Gasteiger partial charge in [0.15, 0.2) is 0 Å². The predicted molar refractivity (Wildman–Crippen MR) is 142 cm³/mol. The Labute approximate surface area is 207 Å². The lowest BCUT2D eigenvalue weighted by atomic mass is 9.90. The third-order valence-electron chi connectivity index (χ3n) is 6.91. The Morgan fingerprint density at radius 1 is 0.771 bits per heavy atom. The zero-order chi connectivity index (χ0) is 24.0. The van der Waals surface area contributed by atoms with Crippen LogP contribution < -0.4 is 4.74 Å². The fourth-order valence-corrected chi connectivity index (χ4v) is 5.08. The molecule has 4 heteroatoms. The van der Waals surface area contributed by atoms with Crippen molar-refractivity contribution in [3.8, 4) is 28.4 Å². The van der Waals surface area contributed by atoms with Gasteiger partial charge in [0, 0.05) is 6.54 Å². The first kappa shape index (κ1) is 23.3. The smallest absolute Gasteiger partial charge is 0.119 e. The second kappa shape index (κ2) is 10.8. The minimum absolute atomic E-state index is 0.251. The van der Waals surface area contributed by atoms with Crippen LogP contribution in [0.4, 0.5) is 0 Å². The molecule has 0 bridgehead atoms. The van der Waals surface area contributed by atoms with Gasteiger partial charge in [-0.1, -0.05) is 48.9 Å². The number of rotatable bonds is 8. The minimum atomic E-state index is 0.251. The summed E-state index contributed by atoms with van der Waals surface area (Å²) in [5.74, 6) is 1.42. The topological polar surface area (TPSA) is 52.9 Å². The number of nitrogens with zero attached hydrogens (tertiary/aromatic N) is 1. The van der Waals surface area contributed by atoms with E-state index in [-0.39, 0.29) is 11.5 Å². The molecule has 1 fully saturated rings. The lowest BCUT2D eigenvalue weighted by molar-refractivity contribution is 0.205. The molecule has 1 saturated heterocycles. The summed E-state index contributed by atoms with van der Waals surface area (Å²) in [5, 5.41) is 22.1. The molecule has 2 N–H and O–H groups in total. The zero-order valence-electron chi connectivity index (χ0n) is 20.1. The lowest BCUT2D eigenvalue weighted by Gasteiger charge is -2.26. The van der Waals surface area contributed by atoms with Crippen LogP contribution in [0.25, 0.3) is 21.9 Å². The number of piperidine rings is 1. The second-order valence-corrected chi connectivity index (χ2v) is 9.47. The van der Waals surface area contributed by atoms with Crippen LogP contribution in [0.5, 0.6) is 17.2 Å². The molecule has 0 amide bonds. The molecule has 4 aromatic rings. The van der Waals surface area contributed by atoms with Crippen molar-refractivity contribution in [3.63, 3.8) is 0 Å². The Balaban J connectivity index is 1.32. The number of phenols is 2. The Kier molecular flexibility index (Phi) is 7.20. The van der Waals surface area contributed by atoms with E-state index >= 15 is 0 Å². The SMILES string of the molecule is Oc1cccc(-c2ccc3cc(O)ccc3c2Cc2ccc(OCCCN3CCCCC3)cc2)c1. The number of aromatic hydroxyl groups is 2. The number of fused-ring (bicyclic) bond motifs is 1. The van der Waals surface area contributed by atoms with E-state index in [4.69, 9.17) is 4.74 Å². The van der Waals surface area contributed by atoms with E-state index in [1.807, 2.05) is 24.3 Å².